The number of amides is 1. The second-order valence-corrected chi connectivity index (χ2v) is 8.18. The number of nitrogens with two attached hydrogens (primary N) is 1. The van der Waals surface area contributed by atoms with Crippen molar-refractivity contribution in [3.8, 4) is 0 Å². The van der Waals surface area contributed by atoms with Gasteiger partial charge in [0.1, 0.15) is 5.82 Å². The van der Waals surface area contributed by atoms with Crippen molar-refractivity contribution in [2.45, 2.75) is 19.6 Å². The molecule has 0 aliphatic carbocycles. The van der Waals surface area contributed by atoms with Crippen LogP contribution in [0.3, 0.4) is 0 Å². The molecule has 0 atom stereocenters. The minimum Gasteiger partial charge on any atom is -0.392 e. The number of benzene rings is 2. The fraction of sp³-hybridized carbons (Fsp3) is 0.111. The minimum atomic E-state index is -0.159. The maximum Gasteiger partial charge on any atom is 0.251 e. The number of hydrogen-bond donors (Lipinski definition) is 3. The summed E-state index contributed by atoms with van der Waals surface area (Å²) in [6.07, 6.45) is 5.59. The first kappa shape index (κ1) is 21.5. The van der Waals surface area contributed by atoms with Crippen molar-refractivity contribution >= 4 is 33.4 Å². The minimum absolute atomic E-state index is 0.0453. The Morgan fingerprint density at radius 2 is 1.65 bits per heavy atom. The first-order chi connectivity index (χ1) is 16.6. The van der Waals surface area contributed by atoms with E-state index in [9.17, 15) is 9.90 Å². The third kappa shape index (κ3) is 4.55. The topological polar surface area (TPSA) is 114 Å². The number of aromatic nitrogens is 3. The number of rotatable bonds is 6. The van der Waals surface area contributed by atoms with Gasteiger partial charge in [-0.05, 0) is 64.5 Å². The molecule has 0 aliphatic heterocycles. The van der Waals surface area contributed by atoms with Crippen molar-refractivity contribution in [1.82, 2.24) is 20.3 Å². The van der Waals surface area contributed by atoms with Crippen molar-refractivity contribution in [2.75, 3.05) is 5.73 Å². The predicted molar refractivity (Wildman–Crippen MR) is 132 cm³/mol. The largest absolute Gasteiger partial charge is 0.392 e. The second-order valence-electron chi connectivity index (χ2n) is 8.18. The van der Waals surface area contributed by atoms with Crippen molar-refractivity contribution < 1.29 is 9.90 Å². The van der Waals surface area contributed by atoms with Crippen LogP contribution in [0.15, 0.2) is 79.3 Å². The molecule has 4 N–H and O–H groups in total. The van der Waals surface area contributed by atoms with Gasteiger partial charge in [-0.3, -0.25) is 14.8 Å². The van der Waals surface area contributed by atoms with Gasteiger partial charge < -0.3 is 16.2 Å². The van der Waals surface area contributed by atoms with E-state index in [2.05, 4.69) is 20.3 Å². The highest BCUT2D eigenvalue weighted by Gasteiger charge is 2.09. The molecular weight excluding hydrogens is 426 g/mol. The van der Waals surface area contributed by atoms with Crippen LogP contribution in [-0.2, 0) is 19.6 Å². The molecule has 34 heavy (non-hydrogen) atoms. The number of nitrogen functional groups attached to an aromatic ring is 1. The fourth-order valence-corrected chi connectivity index (χ4v) is 3.99. The molecule has 7 heteroatoms. The Hall–Kier alpha value is -4.36. The molecule has 0 saturated heterocycles. The van der Waals surface area contributed by atoms with Gasteiger partial charge in [-0.25, -0.2) is 4.98 Å². The van der Waals surface area contributed by atoms with E-state index >= 15 is 0 Å². The van der Waals surface area contributed by atoms with Crippen molar-refractivity contribution in [1.29, 1.82) is 0 Å². The van der Waals surface area contributed by atoms with E-state index in [1.165, 1.54) is 0 Å². The molecule has 2 aromatic carbocycles. The highest BCUT2D eigenvalue weighted by atomic mass is 16.3. The smallest absolute Gasteiger partial charge is 0.251 e. The zero-order valence-electron chi connectivity index (χ0n) is 18.4. The molecule has 1 amide bonds. The lowest BCUT2D eigenvalue weighted by atomic mass is 10.0. The molecule has 3 heterocycles. The van der Waals surface area contributed by atoms with Gasteiger partial charge in [0.15, 0.2) is 0 Å². The predicted octanol–water partition coefficient (Wildman–Crippen LogP) is 3.77. The highest BCUT2D eigenvalue weighted by molar-refractivity contribution is 5.94. The first-order valence-corrected chi connectivity index (χ1v) is 10.9. The number of nitrogens with one attached hydrogen (secondary N) is 1. The van der Waals surface area contributed by atoms with Gasteiger partial charge >= 0.3 is 0 Å². The summed E-state index contributed by atoms with van der Waals surface area (Å²) in [5.74, 6) is 0.335. The number of fused-ring (bicyclic) bond motifs is 2. The lowest BCUT2D eigenvalue weighted by molar-refractivity contribution is 0.0950. The van der Waals surface area contributed by atoms with Gasteiger partial charge in [-0.2, -0.15) is 0 Å². The maximum absolute atomic E-state index is 12.8. The molecule has 0 saturated carbocycles. The number of hydrogen-bond acceptors (Lipinski definition) is 6. The third-order valence-electron chi connectivity index (χ3n) is 5.76. The maximum atomic E-state index is 12.8. The zero-order chi connectivity index (χ0) is 23.5. The number of anilines is 1. The average molecular weight is 450 g/mol. The molecule has 0 bridgehead atoms. The Kier molecular flexibility index (Phi) is 5.84. The molecule has 0 fully saturated rings. The summed E-state index contributed by atoms with van der Waals surface area (Å²) in [5, 5.41) is 15.2. The number of aliphatic hydroxyl groups is 1. The van der Waals surface area contributed by atoms with Crippen LogP contribution in [0.5, 0.6) is 0 Å². The van der Waals surface area contributed by atoms with Crippen LogP contribution in [0.25, 0.3) is 21.7 Å². The molecule has 3 aromatic heterocycles. The van der Waals surface area contributed by atoms with Crippen LogP contribution in [0.1, 0.15) is 32.7 Å². The number of nitrogens with zero attached hydrogens (tertiary/aromatic N) is 3. The summed E-state index contributed by atoms with van der Waals surface area (Å²) in [6.45, 7) is 0.357. The molecule has 0 radical (unpaired) electrons. The summed E-state index contributed by atoms with van der Waals surface area (Å²) in [4.78, 5) is 25.7. The SMILES string of the molecule is Nc1nccc2cc(CNC(=O)c3ccnc(Cc4ccc5ncc(CO)cc5c4)c3)ccc12. The van der Waals surface area contributed by atoms with Crippen molar-refractivity contribution in [2.24, 2.45) is 0 Å². The van der Waals surface area contributed by atoms with Crippen LogP contribution < -0.4 is 11.1 Å². The average Bonchev–Trinajstić information content (AvgIpc) is 2.87. The quantitative estimate of drug-likeness (QED) is 0.364. The summed E-state index contributed by atoms with van der Waals surface area (Å²) in [7, 11) is 0. The number of pyridine rings is 3. The van der Waals surface area contributed by atoms with Crippen LogP contribution in [0, 0.1) is 0 Å². The molecule has 5 rings (SSSR count). The van der Waals surface area contributed by atoms with Gasteiger partial charge in [-0.1, -0.05) is 18.2 Å². The van der Waals surface area contributed by atoms with Crippen molar-refractivity contribution in [3.05, 3.63) is 107 Å². The normalized spacial score (nSPS) is 11.1. The molecule has 7 nitrogen and oxygen atoms in total. The lowest BCUT2D eigenvalue weighted by Crippen LogP contribution is -2.23. The second kappa shape index (κ2) is 9.25. The Morgan fingerprint density at radius 1 is 0.853 bits per heavy atom. The zero-order valence-corrected chi connectivity index (χ0v) is 18.4. The van der Waals surface area contributed by atoms with E-state index < -0.39 is 0 Å². The standard InChI is InChI=1S/C27H23N5O2/c28-26-24-3-1-18(10-20(24)5-8-30-26)14-32-27(34)21-6-7-29-23(13-21)12-17-2-4-25-22(9-17)11-19(16-33)15-31-25/h1-11,13,15,33H,12,14,16H2,(H2,28,30)(H,32,34). The monoisotopic (exact) mass is 449 g/mol. The Morgan fingerprint density at radius 3 is 2.53 bits per heavy atom. The van der Waals surface area contributed by atoms with E-state index in [4.69, 9.17) is 5.73 Å². The van der Waals surface area contributed by atoms with Gasteiger partial charge in [0.2, 0.25) is 0 Å². The summed E-state index contributed by atoms with van der Waals surface area (Å²) < 4.78 is 0. The number of carbonyl (C=O) groups is 1. The molecule has 168 valence electrons. The summed E-state index contributed by atoms with van der Waals surface area (Å²) in [6, 6.07) is 19.2. The summed E-state index contributed by atoms with van der Waals surface area (Å²) >= 11 is 0. The van der Waals surface area contributed by atoms with E-state index in [1.807, 2.05) is 54.6 Å². The van der Waals surface area contributed by atoms with Gasteiger partial charge in [-0.15, -0.1) is 0 Å². The first-order valence-electron chi connectivity index (χ1n) is 10.9. The van der Waals surface area contributed by atoms with Crippen LogP contribution in [0.4, 0.5) is 5.82 Å². The van der Waals surface area contributed by atoms with Crippen molar-refractivity contribution in [3.63, 3.8) is 0 Å². The van der Waals surface area contributed by atoms with Crippen LogP contribution in [0.2, 0.25) is 0 Å². The Balaban J connectivity index is 1.29. The molecule has 5 aromatic rings. The van der Waals surface area contributed by atoms with E-state index in [-0.39, 0.29) is 12.5 Å². The molecule has 0 unspecified atom stereocenters. The summed E-state index contributed by atoms with van der Waals surface area (Å²) in [5.41, 5.74) is 10.9. The highest BCUT2D eigenvalue weighted by Crippen LogP contribution is 2.20. The third-order valence-corrected chi connectivity index (χ3v) is 5.76. The molecular formula is C27H23N5O2. The van der Waals surface area contributed by atoms with Crippen LogP contribution in [-0.4, -0.2) is 26.0 Å². The number of aliphatic hydroxyl groups excluding tert-OH is 1. The van der Waals surface area contributed by atoms with E-state index in [0.717, 1.165) is 44.1 Å². The lowest BCUT2D eigenvalue weighted by Gasteiger charge is -2.09. The van der Waals surface area contributed by atoms with Gasteiger partial charge in [0.05, 0.1) is 12.1 Å². The molecule has 0 spiro atoms. The molecule has 0 aliphatic rings. The number of carbonyl (C=O) groups excluding carboxylic acids is 1. The van der Waals surface area contributed by atoms with Crippen LogP contribution >= 0.6 is 0 Å². The Bertz CT molecular complexity index is 1520. The van der Waals surface area contributed by atoms with E-state index in [1.54, 1.807) is 24.7 Å². The van der Waals surface area contributed by atoms with Gasteiger partial charge in [0.25, 0.3) is 5.91 Å². The Labute approximate surface area is 196 Å². The fourth-order valence-electron chi connectivity index (χ4n) is 3.99. The van der Waals surface area contributed by atoms with E-state index in [0.29, 0.717) is 24.3 Å². The van der Waals surface area contributed by atoms with Gasteiger partial charge in [0, 0.05) is 53.6 Å².